The molecule has 0 amide bonds. The highest BCUT2D eigenvalue weighted by molar-refractivity contribution is 5.11. The van der Waals surface area contributed by atoms with Gasteiger partial charge in [-0.25, -0.2) is 14.6 Å². The lowest BCUT2D eigenvalue weighted by atomic mass is 9.85. The number of aromatic nitrogens is 4. The molecule has 2 aromatic heterocycles. The van der Waals surface area contributed by atoms with Crippen molar-refractivity contribution in [1.82, 2.24) is 24.6 Å². The Morgan fingerprint density at radius 1 is 1.07 bits per heavy atom. The third-order valence-electron chi connectivity index (χ3n) is 6.10. The third kappa shape index (κ3) is 4.17. The summed E-state index contributed by atoms with van der Waals surface area (Å²) in [4.78, 5) is 24.0. The standard InChI is InChI=1S/C22H31N5O/c1-22(2,3)19-9-10-20(28)27(25-19)15-18-8-5-11-26(18)14-16-12-23-21(24-13-16)17-6-4-7-17/h9-10,12-13,17-18H,4-8,11,14-15H2,1-3H3. The van der Waals surface area contributed by atoms with Crippen molar-refractivity contribution in [1.29, 1.82) is 0 Å². The quantitative estimate of drug-likeness (QED) is 0.795. The van der Waals surface area contributed by atoms with E-state index in [9.17, 15) is 4.79 Å². The van der Waals surface area contributed by atoms with E-state index >= 15 is 0 Å². The van der Waals surface area contributed by atoms with E-state index in [0.29, 0.717) is 18.5 Å². The molecule has 1 unspecified atom stereocenters. The lowest BCUT2D eigenvalue weighted by Crippen LogP contribution is -2.37. The van der Waals surface area contributed by atoms with Crippen LogP contribution in [0, 0.1) is 0 Å². The molecule has 6 heteroatoms. The van der Waals surface area contributed by atoms with Gasteiger partial charge in [0, 0.05) is 47.9 Å². The lowest BCUT2D eigenvalue weighted by Gasteiger charge is -2.26. The van der Waals surface area contributed by atoms with Crippen LogP contribution in [0.4, 0.5) is 0 Å². The SMILES string of the molecule is CC(C)(C)c1ccc(=O)n(CC2CCCN2Cc2cnc(C3CCC3)nc2)n1. The van der Waals surface area contributed by atoms with Crippen LogP contribution in [-0.2, 0) is 18.5 Å². The van der Waals surface area contributed by atoms with Crippen molar-refractivity contribution in [3.8, 4) is 0 Å². The van der Waals surface area contributed by atoms with Crippen LogP contribution in [0.2, 0.25) is 0 Å². The van der Waals surface area contributed by atoms with Crippen molar-refractivity contribution >= 4 is 0 Å². The highest BCUT2D eigenvalue weighted by atomic mass is 16.1. The summed E-state index contributed by atoms with van der Waals surface area (Å²) >= 11 is 0. The first kappa shape index (κ1) is 19.2. The van der Waals surface area contributed by atoms with Crippen LogP contribution in [0.3, 0.4) is 0 Å². The Morgan fingerprint density at radius 3 is 2.46 bits per heavy atom. The van der Waals surface area contributed by atoms with Crippen molar-refractivity contribution in [2.24, 2.45) is 0 Å². The van der Waals surface area contributed by atoms with Crippen LogP contribution in [0.25, 0.3) is 0 Å². The molecular formula is C22H31N5O. The Bertz CT molecular complexity index is 864. The predicted molar refractivity (Wildman–Crippen MR) is 109 cm³/mol. The molecule has 1 aliphatic carbocycles. The number of rotatable bonds is 5. The van der Waals surface area contributed by atoms with E-state index in [1.807, 2.05) is 18.5 Å². The van der Waals surface area contributed by atoms with Gasteiger partial charge in [-0.1, -0.05) is 27.2 Å². The summed E-state index contributed by atoms with van der Waals surface area (Å²) in [6, 6.07) is 3.83. The second-order valence-corrected chi connectivity index (χ2v) is 9.33. The molecule has 150 valence electrons. The Morgan fingerprint density at radius 2 is 1.82 bits per heavy atom. The van der Waals surface area contributed by atoms with Gasteiger partial charge in [-0.2, -0.15) is 5.10 Å². The fraction of sp³-hybridized carbons (Fsp3) is 0.636. The molecule has 0 radical (unpaired) electrons. The zero-order valence-corrected chi connectivity index (χ0v) is 17.3. The van der Waals surface area contributed by atoms with E-state index in [2.05, 4.69) is 40.7 Å². The molecule has 2 aliphatic rings. The Hall–Kier alpha value is -2.08. The van der Waals surface area contributed by atoms with Gasteiger partial charge in [-0.15, -0.1) is 0 Å². The van der Waals surface area contributed by atoms with Crippen LogP contribution < -0.4 is 5.56 Å². The second-order valence-electron chi connectivity index (χ2n) is 9.33. The molecule has 2 aromatic rings. The van der Waals surface area contributed by atoms with E-state index in [1.165, 1.54) is 19.3 Å². The summed E-state index contributed by atoms with van der Waals surface area (Å²) in [5, 5.41) is 4.65. The first-order valence-corrected chi connectivity index (χ1v) is 10.5. The average Bonchev–Trinajstić information content (AvgIpc) is 3.03. The van der Waals surface area contributed by atoms with Crippen LogP contribution in [0.5, 0.6) is 0 Å². The zero-order valence-electron chi connectivity index (χ0n) is 17.3. The van der Waals surface area contributed by atoms with Gasteiger partial charge in [-0.05, 0) is 38.3 Å². The van der Waals surface area contributed by atoms with Crippen molar-refractivity contribution in [3.63, 3.8) is 0 Å². The number of hydrogen-bond donors (Lipinski definition) is 0. The van der Waals surface area contributed by atoms with E-state index in [1.54, 1.807) is 10.7 Å². The van der Waals surface area contributed by atoms with E-state index < -0.39 is 0 Å². The monoisotopic (exact) mass is 381 g/mol. The van der Waals surface area contributed by atoms with Crippen molar-refractivity contribution in [2.45, 2.75) is 83.3 Å². The molecule has 0 bridgehead atoms. The fourth-order valence-electron chi connectivity index (χ4n) is 4.05. The summed E-state index contributed by atoms with van der Waals surface area (Å²) in [5.74, 6) is 1.57. The minimum atomic E-state index is -0.0651. The molecule has 1 saturated heterocycles. The maximum Gasteiger partial charge on any atom is 0.266 e. The summed E-state index contributed by atoms with van der Waals surface area (Å²) < 4.78 is 1.65. The largest absolute Gasteiger partial charge is 0.294 e. The van der Waals surface area contributed by atoms with Crippen molar-refractivity contribution < 1.29 is 0 Å². The van der Waals surface area contributed by atoms with Crippen LogP contribution in [0.1, 0.15) is 75.9 Å². The molecule has 4 rings (SSSR count). The molecule has 3 heterocycles. The molecule has 1 saturated carbocycles. The minimum absolute atomic E-state index is 0.0203. The van der Waals surface area contributed by atoms with Crippen molar-refractivity contribution in [3.05, 3.63) is 52.0 Å². The molecular weight excluding hydrogens is 350 g/mol. The summed E-state index contributed by atoms with van der Waals surface area (Å²) in [7, 11) is 0. The average molecular weight is 382 g/mol. The second kappa shape index (κ2) is 7.74. The van der Waals surface area contributed by atoms with Gasteiger partial charge in [0.1, 0.15) is 5.82 Å². The number of likely N-dealkylation sites (tertiary alicyclic amines) is 1. The smallest absolute Gasteiger partial charge is 0.266 e. The molecule has 0 spiro atoms. The third-order valence-corrected chi connectivity index (χ3v) is 6.10. The molecule has 0 aromatic carbocycles. The van der Waals surface area contributed by atoms with Gasteiger partial charge in [-0.3, -0.25) is 9.69 Å². The number of nitrogens with zero attached hydrogens (tertiary/aromatic N) is 5. The van der Waals surface area contributed by atoms with Gasteiger partial charge in [0.05, 0.1) is 12.2 Å². The summed E-state index contributed by atoms with van der Waals surface area (Å²) in [6.45, 7) is 8.90. The maximum atomic E-state index is 12.3. The van der Waals surface area contributed by atoms with E-state index in [0.717, 1.165) is 43.0 Å². The summed E-state index contributed by atoms with van der Waals surface area (Å²) in [6.07, 6.45) is 9.97. The number of hydrogen-bond acceptors (Lipinski definition) is 5. The van der Waals surface area contributed by atoms with Gasteiger partial charge < -0.3 is 0 Å². The highest BCUT2D eigenvalue weighted by Gasteiger charge is 2.27. The van der Waals surface area contributed by atoms with Crippen LogP contribution in [0.15, 0.2) is 29.3 Å². The molecule has 28 heavy (non-hydrogen) atoms. The molecule has 1 atom stereocenters. The molecule has 6 nitrogen and oxygen atoms in total. The topological polar surface area (TPSA) is 63.9 Å². The van der Waals surface area contributed by atoms with Gasteiger partial charge in [0.2, 0.25) is 0 Å². The van der Waals surface area contributed by atoms with Gasteiger partial charge >= 0.3 is 0 Å². The maximum absolute atomic E-state index is 12.3. The van der Waals surface area contributed by atoms with Gasteiger partial charge in [0.25, 0.3) is 5.56 Å². The molecule has 1 aliphatic heterocycles. The fourth-order valence-corrected chi connectivity index (χ4v) is 4.05. The van der Waals surface area contributed by atoms with Crippen LogP contribution in [-0.4, -0.2) is 37.2 Å². The van der Waals surface area contributed by atoms with Crippen LogP contribution >= 0.6 is 0 Å². The normalized spacial score (nSPS) is 21.0. The van der Waals surface area contributed by atoms with E-state index in [4.69, 9.17) is 0 Å². The van der Waals surface area contributed by atoms with Crippen molar-refractivity contribution in [2.75, 3.05) is 6.54 Å². The van der Waals surface area contributed by atoms with E-state index in [-0.39, 0.29) is 11.0 Å². The zero-order chi connectivity index (χ0) is 19.7. The van der Waals surface area contributed by atoms with Gasteiger partial charge in [0.15, 0.2) is 0 Å². The first-order chi connectivity index (χ1) is 13.4. The Balaban J connectivity index is 1.44. The Labute approximate surface area is 167 Å². The first-order valence-electron chi connectivity index (χ1n) is 10.5. The molecule has 2 fully saturated rings. The highest BCUT2D eigenvalue weighted by Crippen LogP contribution is 2.34. The predicted octanol–water partition coefficient (Wildman–Crippen LogP) is 3.26. The lowest BCUT2D eigenvalue weighted by molar-refractivity contribution is 0.215. The molecule has 0 N–H and O–H groups in total. The minimum Gasteiger partial charge on any atom is -0.294 e. The summed E-state index contributed by atoms with van der Waals surface area (Å²) in [5.41, 5.74) is 2.02. The Kier molecular flexibility index (Phi) is 5.32.